The van der Waals surface area contributed by atoms with Crippen LogP contribution in [0.5, 0.6) is 11.5 Å². The summed E-state index contributed by atoms with van der Waals surface area (Å²) in [4.78, 5) is 14.4. The van der Waals surface area contributed by atoms with Crippen LogP contribution >= 0.6 is 0 Å². The summed E-state index contributed by atoms with van der Waals surface area (Å²) in [6.45, 7) is 4.12. The Morgan fingerprint density at radius 2 is 1.47 bits per heavy atom. The van der Waals surface area contributed by atoms with E-state index >= 15 is 0 Å². The van der Waals surface area contributed by atoms with Gasteiger partial charge in [-0.1, -0.05) is 36.4 Å². The second-order valence-corrected chi connectivity index (χ2v) is 8.24. The first-order valence-corrected chi connectivity index (χ1v) is 11.5. The molecule has 1 aromatic heterocycles. The van der Waals surface area contributed by atoms with Crippen molar-refractivity contribution in [3.8, 4) is 11.5 Å². The zero-order chi connectivity index (χ0) is 23.3. The zero-order valence-electron chi connectivity index (χ0n) is 19.6. The predicted octanol–water partition coefficient (Wildman–Crippen LogP) is 4.59. The molecule has 5 rings (SSSR count). The van der Waals surface area contributed by atoms with Gasteiger partial charge in [0.15, 0.2) is 0 Å². The molecule has 0 radical (unpaired) electrons. The second-order valence-electron chi connectivity index (χ2n) is 8.24. The molecule has 1 aliphatic heterocycles. The molecule has 0 spiro atoms. The van der Waals surface area contributed by atoms with Gasteiger partial charge in [-0.25, -0.2) is 4.98 Å². The number of piperazine rings is 1. The number of aromatic nitrogens is 2. The summed E-state index contributed by atoms with van der Waals surface area (Å²) in [6.07, 6.45) is 0. The molecular weight excluding hydrogens is 426 g/mol. The molecular formula is C27H29N5O2. The van der Waals surface area contributed by atoms with Crippen molar-refractivity contribution in [3.05, 3.63) is 78.4 Å². The first kappa shape index (κ1) is 21.8. The van der Waals surface area contributed by atoms with Crippen LogP contribution in [-0.2, 0) is 6.54 Å². The number of ether oxygens (including phenoxy) is 2. The Morgan fingerprint density at radius 1 is 0.765 bits per heavy atom. The maximum atomic E-state index is 5.56. The lowest BCUT2D eigenvalue weighted by molar-refractivity contribution is 0.413. The Kier molecular flexibility index (Phi) is 6.33. The average Bonchev–Trinajstić information content (AvgIpc) is 2.92. The van der Waals surface area contributed by atoms with Crippen molar-refractivity contribution in [2.24, 2.45) is 0 Å². The minimum absolute atomic E-state index is 0.673. The molecule has 7 nitrogen and oxygen atoms in total. The highest BCUT2D eigenvalue weighted by atomic mass is 16.5. The van der Waals surface area contributed by atoms with Gasteiger partial charge in [-0.3, -0.25) is 0 Å². The van der Waals surface area contributed by atoms with Crippen molar-refractivity contribution < 1.29 is 9.47 Å². The number of hydrogen-bond acceptors (Lipinski definition) is 7. The molecule has 0 atom stereocenters. The zero-order valence-corrected chi connectivity index (χ0v) is 19.6. The molecule has 0 aliphatic carbocycles. The third-order valence-electron chi connectivity index (χ3n) is 6.20. The van der Waals surface area contributed by atoms with Crippen molar-refractivity contribution in [1.29, 1.82) is 0 Å². The third-order valence-corrected chi connectivity index (χ3v) is 6.20. The van der Waals surface area contributed by atoms with Crippen LogP contribution in [0.4, 0.5) is 17.5 Å². The molecule has 1 N–H and O–H groups in total. The fourth-order valence-electron chi connectivity index (χ4n) is 4.31. The summed E-state index contributed by atoms with van der Waals surface area (Å²) in [5.41, 5.74) is 3.23. The smallest absolute Gasteiger partial charge is 0.228 e. The summed E-state index contributed by atoms with van der Waals surface area (Å²) < 4.78 is 10.8. The monoisotopic (exact) mass is 455 g/mol. The molecule has 4 aromatic rings. The third kappa shape index (κ3) is 4.55. The van der Waals surface area contributed by atoms with Crippen LogP contribution < -0.4 is 24.6 Å². The van der Waals surface area contributed by atoms with Crippen LogP contribution in [0.15, 0.2) is 72.8 Å². The van der Waals surface area contributed by atoms with E-state index in [1.54, 1.807) is 14.2 Å². The SMILES string of the molecule is COc1ccc(CNc2nc(N3CCN(c4ccccc4OC)CC3)nc3ccccc23)cc1. The highest BCUT2D eigenvalue weighted by Gasteiger charge is 2.22. The summed E-state index contributed by atoms with van der Waals surface area (Å²) in [6, 6.07) is 24.4. The van der Waals surface area contributed by atoms with Gasteiger partial charge in [-0.2, -0.15) is 4.98 Å². The summed E-state index contributed by atoms with van der Waals surface area (Å²) in [5, 5.41) is 4.55. The van der Waals surface area contributed by atoms with Gasteiger partial charge in [-0.05, 0) is 42.0 Å². The van der Waals surface area contributed by atoms with Crippen LogP contribution in [0.25, 0.3) is 10.9 Å². The Hall–Kier alpha value is -4.00. The lowest BCUT2D eigenvalue weighted by Gasteiger charge is -2.36. The lowest BCUT2D eigenvalue weighted by atomic mass is 10.2. The number of nitrogens with zero attached hydrogens (tertiary/aromatic N) is 4. The summed E-state index contributed by atoms with van der Waals surface area (Å²) in [5.74, 6) is 3.37. The van der Waals surface area contributed by atoms with E-state index < -0.39 is 0 Å². The molecule has 34 heavy (non-hydrogen) atoms. The van der Waals surface area contributed by atoms with Gasteiger partial charge in [0, 0.05) is 38.1 Å². The van der Waals surface area contributed by atoms with Crippen molar-refractivity contribution >= 4 is 28.4 Å². The van der Waals surface area contributed by atoms with Crippen LogP contribution in [-0.4, -0.2) is 50.4 Å². The van der Waals surface area contributed by atoms with Gasteiger partial charge >= 0.3 is 0 Å². The van der Waals surface area contributed by atoms with E-state index in [1.165, 1.54) is 0 Å². The van der Waals surface area contributed by atoms with Gasteiger partial charge in [0.25, 0.3) is 0 Å². The van der Waals surface area contributed by atoms with E-state index in [2.05, 4.69) is 45.4 Å². The molecule has 174 valence electrons. The lowest BCUT2D eigenvalue weighted by Crippen LogP contribution is -2.47. The van der Waals surface area contributed by atoms with E-state index in [1.807, 2.05) is 42.5 Å². The van der Waals surface area contributed by atoms with Gasteiger partial charge in [0.2, 0.25) is 5.95 Å². The molecule has 1 aliphatic rings. The number of fused-ring (bicyclic) bond motifs is 1. The predicted molar refractivity (Wildman–Crippen MR) is 137 cm³/mol. The second kappa shape index (κ2) is 9.87. The average molecular weight is 456 g/mol. The van der Waals surface area contributed by atoms with Crippen LogP contribution in [0.1, 0.15) is 5.56 Å². The van der Waals surface area contributed by atoms with Crippen molar-refractivity contribution in [2.75, 3.05) is 55.5 Å². The van der Waals surface area contributed by atoms with Gasteiger partial charge in [0.05, 0.1) is 25.4 Å². The summed E-state index contributed by atoms with van der Waals surface area (Å²) >= 11 is 0. The quantitative estimate of drug-likeness (QED) is 0.437. The van der Waals surface area contributed by atoms with Gasteiger partial charge < -0.3 is 24.6 Å². The largest absolute Gasteiger partial charge is 0.497 e. The normalized spacial score (nSPS) is 13.7. The van der Waals surface area contributed by atoms with Crippen molar-refractivity contribution in [2.45, 2.75) is 6.54 Å². The molecule has 0 saturated carbocycles. The van der Waals surface area contributed by atoms with Crippen molar-refractivity contribution in [3.63, 3.8) is 0 Å². The Balaban J connectivity index is 1.34. The van der Waals surface area contributed by atoms with Crippen LogP contribution in [0.3, 0.4) is 0 Å². The van der Waals surface area contributed by atoms with E-state index in [0.29, 0.717) is 6.54 Å². The Labute approximate surface area is 200 Å². The molecule has 0 unspecified atom stereocenters. The highest BCUT2D eigenvalue weighted by Crippen LogP contribution is 2.30. The maximum Gasteiger partial charge on any atom is 0.228 e. The molecule has 0 bridgehead atoms. The fraction of sp³-hybridized carbons (Fsp3) is 0.259. The number of anilines is 3. The standard InChI is InChI=1S/C27H29N5O2/c1-33-21-13-11-20(12-14-21)19-28-26-22-7-3-4-8-23(22)29-27(30-26)32-17-15-31(16-18-32)24-9-5-6-10-25(24)34-2/h3-14H,15-19H2,1-2H3,(H,28,29,30). The Bertz CT molecular complexity index is 1250. The number of para-hydroxylation sites is 3. The number of methoxy groups -OCH3 is 2. The van der Waals surface area contributed by atoms with E-state index in [-0.39, 0.29) is 0 Å². The summed E-state index contributed by atoms with van der Waals surface area (Å²) in [7, 11) is 3.40. The number of benzene rings is 3. The fourth-order valence-corrected chi connectivity index (χ4v) is 4.31. The highest BCUT2D eigenvalue weighted by molar-refractivity contribution is 5.90. The van der Waals surface area contributed by atoms with Gasteiger partial charge in [-0.15, -0.1) is 0 Å². The minimum Gasteiger partial charge on any atom is -0.497 e. The molecule has 1 saturated heterocycles. The molecule has 2 heterocycles. The van der Waals surface area contributed by atoms with Crippen molar-refractivity contribution in [1.82, 2.24) is 9.97 Å². The maximum absolute atomic E-state index is 5.56. The number of rotatable bonds is 7. The molecule has 7 heteroatoms. The Morgan fingerprint density at radius 3 is 2.24 bits per heavy atom. The molecule has 0 amide bonds. The van der Waals surface area contributed by atoms with E-state index in [9.17, 15) is 0 Å². The molecule has 1 fully saturated rings. The minimum atomic E-state index is 0.673. The topological polar surface area (TPSA) is 62.8 Å². The van der Waals surface area contributed by atoms with Gasteiger partial charge in [0.1, 0.15) is 17.3 Å². The number of hydrogen-bond donors (Lipinski definition) is 1. The molecule has 3 aromatic carbocycles. The van der Waals surface area contributed by atoms with Crippen LogP contribution in [0, 0.1) is 0 Å². The first-order valence-electron chi connectivity index (χ1n) is 11.5. The van der Waals surface area contributed by atoms with E-state index in [0.717, 1.165) is 71.6 Å². The first-order chi connectivity index (χ1) is 16.7. The number of nitrogens with one attached hydrogen (secondary N) is 1. The van der Waals surface area contributed by atoms with E-state index in [4.69, 9.17) is 19.4 Å². The van der Waals surface area contributed by atoms with Crippen LogP contribution in [0.2, 0.25) is 0 Å².